The number of hydrogen-bond donors (Lipinski definition) is 1. The van der Waals surface area contributed by atoms with Gasteiger partial charge in [-0.3, -0.25) is 4.79 Å². The van der Waals surface area contributed by atoms with Crippen LogP contribution in [-0.4, -0.2) is 11.8 Å². The molecule has 1 heterocycles. The molecule has 0 spiro atoms. The van der Waals surface area contributed by atoms with Gasteiger partial charge in [0.2, 0.25) is 5.78 Å². The summed E-state index contributed by atoms with van der Waals surface area (Å²) in [4.78, 5) is 12.3. The number of fused-ring (bicyclic) bond motifs is 1. The highest BCUT2D eigenvalue weighted by Crippen LogP contribution is 2.21. The molecular formula is C17H14FNO2. The van der Waals surface area contributed by atoms with Crippen LogP contribution in [0.2, 0.25) is 0 Å². The van der Waals surface area contributed by atoms with E-state index in [1.54, 1.807) is 0 Å². The fourth-order valence-electron chi connectivity index (χ4n) is 2.28. The second kappa shape index (κ2) is 5.50. The summed E-state index contributed by atoms with van der Waals surface area (Å²) in [6.07, 6.45) is 0.436. The largest absolute Gasteiger partial charge is 0.453 e. The molecule has 3 nitrogen and oxygen atoms in total. The lowest BCUT2D eigenvalue weighted by Gasteiger charge is -2.08. The first-order valence-electron chi connectivity index (χ1n) is 6.66. The summed E-state index contributed by atoms with van der Waals surface area (Å²) in [5, 5.41) is 0.560. The Morgan fingerprint density at radius 3 is 2.67 bits per heavy atom. The van der Waals surface area contributed by atoms with Crippen LogP contribution in [0.15, 0.2) is 59.0 Å². The number of halogens is 1. The number of hydrogen-bond acceptors (Lipinski definition) is 3. The number of Topliss-reactive ketones (excluding diaryl/α,β-unsaturated/α-hetero) is 1. The molecule has 3 rings (SSSR count). The molecule has 0 aliphatic heterocycles. The van der Waals surface area contributed by atoms with Gasteiger partial charge in [0.1, 0.15) is 11.4 Å². The minimum atomic E-state index is -0.683. The first-order valence-corrected chi connectivity index (χ1v) is 6.66. The van der Waals surface area contributed by atoms with Crippen LogP contribution >= 0.6 is 0 Å². The summed E-state index contributed by atoms with van der Waals surface area (Å²) in [7, 11) is 0. The zero-order valence-corrected chi connectivity index (χ0v) is 11.3. The van der Waals surface area contributed by atoms with Gasteiger partial charge in [0, 0.05) is 5.39 Å². The molecule has 106 valence electrons. The molecule has 3 aromatic rings. The number of ketones is 1. The third-order valence-corrected chi connectivity index (χ3v) is 3.36. The van der Waals surface area contributed by atoms with Gasteiger partial charge in [-0.2, -0.15) is 0 Å². The SMILES string of the molecule is NC(Cc1ccccc1)C(=O)c1cc2cc(F)ccc2o1. The summed E-state index contributed by atoms with van der Waals surface area (Å²) in [5.74, 6) is -0.481. The topological polar surface area (TPSA) is 56.2 Å². The molecule has 0 radical (unpaired) electrons. The predicted molar refractivity (Wildman–Crippen MR) is 78.6 cm³/mol. The zero-order valence-electron chi connectivity index (χ0n) is 11.3. The second-order valence-electron chi connectivity index (χ2n) is 4.95. The van der Waals surface area contributed by atoms with E-state index in [0.29, 0.717) is 17.4 Å². The Kier molecular flexibility index (Phi) is 3.54. The third kappa shape index (κ3) is 2.85. The Morgan fingerprint density at radius 2 is 1.90 bits per heavy atom. The van der Waals surface area contributed by atoms with Crippen LogP contribution in [0.1, 0.15) is 16.1 Å². The van der Waals surface area contributed by atoms with Crippen molar-refractivity contribution in [2.45, 2.75) is 12.5 Å². The lowest BCUT2D eigenvalue weighted by Crippen LogP contribution is -2.32. The molecule has 0 saturated carbocycles. The maximum Gasteiger partial charge on any atom is 0.214 e. The monoisotopic (exact) mass is 283 g/mol. The van der Waals surface area contributed by atoms with Crippen molar-refractivity contribution in [3.05, 3.63) is 71.7 Å². The zero-order chi connectivity index (χ0) is 14.8. The van der Waals surface area contributed by atoms with Crippen molar-refractivity contribution in [2.24, 2.45) is 5.73 Å². The molecular weight excluding hydrogens is 269 g/mol. The minimum Gasteiger partial charge on any atom is -0.453 e. The molecule has 0 fully saturated rings. The van der Waals surface area contributed by atoms with Gasteiger partial charge in [-0.25, -0.2) is 4.39 Å². The van der Waals surface area contributed by atoms with E-state index in [2.05, 4.69) is 0 Å². The highest BCUT2D eigenvalue weighted by molar-refractivity contribution is 6.00. The number of carbonyl (C=O) groups is 1. The van der Waals surface area contributed by atoms with E-state index in [0.717, 1.165) is 5.56 Å². The summed E-state index contributed by atoms with van der Waals surface area (Å²) < 4.78 is 18.6. The van der Waals surface area contributed by atoms with Crippen molar-refractivity contribution in [1.82, 2.24) is 0 Å². The van der Waals surface area contributed by atoms with Gasteiger partial charge < -0.3 is 10.2 Å². The van der Waals surface area contributed by atoms with E-state index in [1.165, 1.54) is 24.3 Å². The standard InChI is InChI=1S/C17H14FNO2/c18-13-6-7-15-12(9-13)10-16(21-15)17(20)14(19)8-11-4-2-1-3-5-11/h1-7,9-10,14H,8,19H2. The van der Waals surface area contributed by atoms with Gasteiger partial charge in [-0.1, -0.05) is 30.3 Å². The van der Waals surface area contributed by atoms with Crippen molar-refractivity contribution < 1.29 is 13.6 Å². The number of benzene rings is 2. The van der Waals surface area contributed by atoms with Crippen molar-refractivity contribution in [2.75, 3.05) is 0 Å². The van der Waals surface area contributed by atoms with Gasteiger partial charge in [0.15, 0.2) is 5.76 Å². The van der Waals surface area contributed by atoms with Gasteiger partial charge in [0.05, 0.1) is 6.04 Å². The molecule has 1 atom stereocenters. The molecule has 0 aliphatic carbocycles. The molecule has 21 heavy (non-hydrogen) atoms. The molecule has 2 N–H and O–H groups in total. The molecule has 2 aromatic carbocycles. The fourth-order valence-corrected chi connectivity index (χ4v) is 2.28. The van der Waals surface area contributed by atoms with Crippen LogP contribution in [0.3, 0.4) is 0 Å². The van der Waals surface area contributed by atoms with Crippen molar-refractivity contribution in [1.29, 1.82) is 0 Å². The van der Waals surface area contributed by atoms with Crippen LogP contribution in [0, 0.1) is 5.82 Å². The Morgan fingerprint density at radius 1 is 1.14 bits per heavy atom. The quantitative estimate of drug-likeness (QED) is 0.747. The minimum absolute atomic E-state index is 0.166. The highest BCUT2D eigenvalue weighted by atomic mass is 19.1. The van der Waals surface area contributed by atoms with E-state index >= 15 is 0 Å². The summed E-state index contributed by atoms with van der Waals surface area (Å²) in [6.45, 7) is 0. The smallest absolute Gasteiger partial charge is 0.214 e. The lowest BCUT2D eigenvalue weighted by atomic mass is 10.0. The first kappa shape index (κ1) is 13.5. The number of carbonyl (C=O) groups excluding carboxylic acids is 1. The highest BCUT2D eigenvalue weighted by Gasteiger charge is 2.20. The predicted octanol–water partition coefficient (Wildman–Crippen LogP) is 3.32. The van der Waals surface area contributed by atoms with Gasteiger partial charge in [0.25, 0.3) is 0 Å². The molecule has 1 aromatic heterocycles. The van der Waals surface area contributed by atoms with Crippen molar-refractivity contribution >= 4 is 16.8 Å². The van der Waals surface area contributed by atoms with Gasteiger partial charge in [-0.05, 0) is 36.2 Å². The van der Waals surface area contributed by atoms with Crippen LogP contribution < -0.4 is 5.73 Å². The Hall–Kier alpha value is -2.46. The number of rotatable bonds is 4. The van der Waals surface area contributed by atoms with Crippen LogP contribution in [0.5, 0.6) is 0 Å². The van der Waals surface area contributed by atoms with Crippen molar-refractivity contribution in [3.8, 4) is 0 Å². The Balaban J connectivity index is 1.82. The Labute approximate surface area is 121 Å². The fraction of sp³-hybridized carbons (Fsp3) is 0.118. The van der Waals surface area contributed by atoms with E-state index in [9.17, 15) is 9.18 Å². The molecule has 0 amide bonds. The average molecular weight is 283 g/mol. The molecule has 0 saturated heterocycles. The lowest BCUT2D eigenvalue weighted by molar-refractivity contribution is 0.0935. The van der Waals surface area contributed by atoms with Crippen LogP contribution in [0.25, 0.3) is 11.0 Å². The summed E-state index contributed by atoms with van der Waals surface area (Å²) in [5.41, 5.74) is 7.41. The number of furan rings is 1. The second-order valence-corrected chi connectivity index (χ2v) is 4.95. The molecule has 0 bridgehead atoms. The van der Waals surface area contributed by atoms with E-state index < -0.39 is 6.04 Å². The normalized spacial score (nSPS) is 12.5. The Bertz CT molecular complexity index is 780. The van der Waals surface area contributed by atoms with Gasteiger partial charge in [-0.15, -0.1) is 0 Å². The van der Waals surface area contributed by atoms with Crippen molar-refractivity contribution in [3.63, 3.8) is 0 Å². The van der Waals surface area contributed by atoms with E-state index in [1.807, 2.05) is 30.3 Å². The van der Waals surface area contributed by atoms with Gasteiger partial charge >= 0.3 is 0 Å². The first-order chi connectivity index (χ1) is 10.1. The maximum atomic E-state index is 13.1. The summed E-state index contributed by atoms with van der Waals surface area (Å²) in [6, 6.07) is 14.5. The molecule has 4 heteroatoms. The summed E-state index contributed by atoms with van der Waals surface area (Å²) >= 11 is 0. The maximum absolute atomic E-state index is 13.1. The van der Waals surface area contributed by atoms with Crippen LogP contribution in [-0.2, 0) is 6.42 Å². The number of nitrogens with two attached hydrogens (primary N) is 1. The molecule has 0 aliphatic rings. The molecule has 1 unspecified atom stereocenters. The average Bonchev–Trinajstić information content (AvgIpc) is 2.90. The third-order valence-electron chi connectivity index (χ3n) is 3.36. The van der Waals surface area contributed by atoms with E-state index in [-0.39, 0.29) is 17.4 Å². The van der Waals surface area contributed by atoms with E-state index in [4.69, 9.17) is 10.2 Å². The van der Waals surface area contributed by atoms with Crippen LogP contribution in [0.4, 0.5) is 4.39 Å².